The molecule has 0 atom stereocenters. The molecule has 24 heavy (non-hydrogen) atoms. The maximum absolute atomic E-state index is 12.1. The van der Waals surface area contributed by atoms with Crippen molar-refractivity contribution in [2.24, 2.45) is 5.73 Å². The van der Waals surface area contributed by atoms with Gasteiger partial charge in [0.15, 0.2) is 0 Å². The predicted molar refractivity (Wildman–Crippen MR) is 86.0 cm³/mol. The largest absolute Gasteiger partial charge is 0.467 e. The number of nitrogens with one attached hydrogen (secondary N) is 1. The van der Waals surface area contributed by atoms with Crippen molar-refractivity contribution in [1.82, 2.24) is 9.88 Å². The zero-order valence-corrected chi connectivity index (χ0v) is 12.7. The average Bonchev–Trinajstić information content (AvgIpc) is 3.20. The van der Waals surface area contributed by atoms with Crippen molar-refractivity contribution in [3.63, 3.8) is 0 Å². The van der Waals surface area contributed by atoms with E-state index >= 15 is 0 Å². The highest BCUT2D eigenvalue weighted by Crippen LogP contribution is 2.21. The number of furan rings is 1. The van der Waals surface area contributed by atoms with Crippen molar-refractivity contribution in [1.29, 1.82) is 0 Å². The molecule has 3 rings (SSSR count). The summed E-state index contributed by atoms with van der Waals surface area (Å²) >= 11 is 0. The predicted octanol–water partition coefficient (Wildman–Crippen LogP) is 1.22. The molecule has 1 aromatic carbocycles. The minimum Gasteiger partial charge on any atom is -0.467 e. The van der Waals surface area contributed by atoms with E-state index in [2.05, 4.69) is 5.32 Å². The van der Waals surface area contributed by atoms with Crippen molar-refractivity contribution in [3.05, 3.63) is 60.2 Å². The van der Waals surface area contributed by atoms with Gasteiger partial charge in [0, 0.05) is 17.1 Å². The quantitative estimate of drug-likeness (QED) is 0.525. The van der Waals surface area contributed by atoms with Crippen LogP contribution in [-0.2, 0) is 22.7 Å². The second-order valence-electron chi connectivity index (χ2n) is 5.24. The standard InChI is InChI=1S/C17H15N3O4/c18-17(23)16(22)13-9-20(14-6-2-1-5-12(13)14)10-15(21)19-8-11-4-3-7-24-11/h1-7,9H,8,10H2,(H2,18,23)(H,19,21). The van der Waals surface area contributed by atoms with Crippen LogP contribution in [0.15, 0.2) is 53.3 Å². The van der Waals surface area contributed by atoms with Crippen LogP contribution in [0.2, 0.25) is 0 Å². The number of aromatic nitrogens is 1. The summed E-state index contributed by atoms with van der Waals surface area (Å²) in [4.78, 5) is 35.2. The third-order valence-electron chi connectivity index (χ3n) is 3.61. The fourth-order valence-electron chi connectivity index (χ4n) is 2.50. The van der Waals surface area contributed by atoms with Crippen molar-refractivity contribution < 1.29 is 18.8 Å². The number of carbonyl (C=O) groups is 3. The normalized spacial score (nSPS) is 10.7. The number of amides is 2. The van der Waals surface area contributed by atoms with Gasteiger partial charge < -0.3 is 20.0 Å². The minimum absolute atomic E-state index is 0.00721. The smallest absolute Gasteiger partial charge is 0.289 e. The SMILES string of the molecule is NC(=O)C(=O)c1cn(CC(=O)NCc2ccco2)c2ccccc12. The Morgan fingerprint density at radius 3 is 2.62 bits per heavy atom. The van der Waals surface area contributed by atoms with Crippen LogP contribution in [0.1, 0.15) is 16.1 Å². The number of hydrogen-bond acceptors (Lipinski definition) is 4. The Morgan fingerprint density at radius 1 is 1.12 bits per heavy atom. The van der Waals surface area contributed by atoms with Gasteiger partial charge in [0.05, 0.1) is 18.4 Å². The highest BCUT2D eigenvalue weighted by Gasteiger charge is 2.19. The molecule has 0 aliphatic rings. The molecule has 0 saturated carbocycles. The maximum Gasteiger partial charge on any atom is 0.289 e. The number of ketones is 1. The average molecular weight is 325 g/mol. The van der Waals surface area contributed by atoms with E-state index < -0.39 is 11.7 Å². The second kappa shape index (κ2) is 6.41. The molecule has 0 bridgehead atoms. The third kappa shape index (κ3) is 3.05. The zero-order valence-electron chi connectivity index (χ0n) is 12.7. The number of nitrogens with zero attached hydrogens (tertiary/aromatic N) is 1. The Kier molecular flexibility index (Phi) is 4.15. The van der Waals surface area contributed by atoms with Gasteiger partial charge in [-0.25, -0.2) is 0 Å². The number of carbonyl (C=O) groups excluding carboxylic acids is 3. The van der Waals surface area contributed by atoms with Gasteiger partial charge in [-0.3, -0.25) is 14.4 Å². The van der Waals surface area contributed by atoms with Gasteiger partial charge in [-0.05, 0) is 18.2 Å². The van der Waals surface area contributed by atoms with E-state index in [0.717, 1.165) is 0 Å². The van der Waals surface area contributed by atoms with Crippen LogP contribution in [0.3, 0.4) is 0 Å². The van der Waals surface area contributed by atoms with Gasteiger partial charge in [-0.1, -0.05) is 18.2 Å². The first kappa shape index (κ1) is 15.5. The molecule has 0 aliphatic heterocycles. The van der Waals surface area contributed by atoms with Crippen LogP contribution < -0.4 is 11.1 Å². The fraction of sp³-hybridized carbons (Fsp3) is 0.118. The number of nitrogens with two attached hydrogens (primary N) is 1. The van der Waals surface area contributed by atoms with Crippen molar-refractivity contribution >= 4 is 28.5 Å². The summed E-state index contributed by atoms with van der Waals surface area (Å²) < 4.78 is 6.76. The molecule has 0 radical (unpaired) electrons. The molecule has 0 fully saturated rings. The maximum atomic E-state index is 12.1. The lowest BCUT2D eigenvalue weighted by Gasteiger charge is -2.06. The first-order chi connectivity index (χ1) is 11.6. The molecule has 0 spiro atoms. The molecular weight excluding hydrogens is 310 g/mol. The number of primary amides is 1. The summed E-state index contributed by atoms with van der Waals surface area (Å²) in [5, 5.41) is 3.31. The Bertz CT molecular complexity index is 909. The highest BCUT2D eigenvalue weighted by atomic mass is 16.3. The van der Waals surface area contributed by atoms with Gasteiger partial charge in [-0.2, -0.15) is 0 Å². The highest BCUT2D eigenvalue weighted by molar-refractivity contribution is 6.44. The Balaban J connectivity index is 1.82. The van der Waals surface area contributed by atoms with Crippen LogP contribution in [0, 0.1) is 0 Å². The van der Waals surface area contributed by atoms with Gasteiger partial charge in [0.25, 0.3) is 11.7 Å². The topological polar surface area (TPSA) is 107 Å². The van der Waals surface area contributed by atoms with E-state index in [-0.39, 0.29) is 24.6 Å². The van der Waals surface area contributed by atoms with Gasteiger partial charge in [0.2, 0.25) is 5.91 Å². The van der Waals surface area contributed by atoms with Crippen LogP contribution in [0.25, 0.3) is 10.9 Å². The number of hydrogen-bond donors (Lipinski definition) is 2. The zero-order chi connectivity index (χ0) is 17.1. The first-order valence-corrected chi connectivity index (χ1v) is 7.27. The van der Waals surface area contributed by atoms with Crippen molar-refractivity contribution in [3.8, 4) is 0 Å². The van der Waals surface area contributed by atoms with Crippen molar-refractivity contribution in [2.45, 2.75) is 13.1 Å². The number of Topliss-reactive ketones (excluding diaryl/α,β-unsaturated/α-hetero) is 1. The van der Waals surface area contributed by atoms with Crippen LogP contribution in [-0.4, -0.2) is 22.2 Å². The number of para-hydroxylation sites is 1. The third-order valence-corrected chi connectivity index (χ3v) is 3.61. The molecule has 2 heterocycles. The van der Waals surface area contributed by atoms with Crippen LogP contribution >= 0.6 is 0 Å². The summed E-state index contributed by atoms with van der Waals surface area (Å²) in [5.74, 6) is -1.41. The van der Waals surface area contributed by atoms with Gasteiger partial charge >= 0.3 is 0 Å². The van der Waals surface area contributed by atoms with E-state index in [1.165, 1.54) is 12.5 Å². The van der Waals surface area contributed by atoms with Gasteiger partial charge in [-0.15, -0.1) is 0 Å². The lowest BCUT2D eigenvalue weighted by Crippen LogP contribution is -2.26. The molecule has 3 N–H and O–H groups in total. The Morgan fingerprint density at radius 2 is 1.92 bits per heavy atom. The summed E-state index contributed by atoms with van der Waals surface area (Å²) in [6.45, 7) is 0.283. The first-order valence-electron chi connectivity index (χ1n) is 7.27. The van der Waals surface area contributed by atoms with E-state index in [4.69, 9.17) is 10.2 Å². The number of fused-ring (bicyclic) bond motifs is 1. The molecule has 122 valence electrons. The lowest BCUT2D eigenvalue weighted by atomic mass is 10.1. The molecular formula is C17H15N3O4. The molecule has 2 aromatic heterocycles. The Hall–Kier alpha value is -3.35. The Labute approximate surface area is 137 Å². The summed E-state index contributed by atoms with van der Waals surface area (Å²) in [5.41, 5.74) is 5.95. The lowest BCUT2D eigenvalue weighted by molar-refractivity contribution is -0.121. The number of benzene rings is 1. The van der Waals surface area contributed by atoms with E-state index in [0.29, 0.717) is 16.7 Å². The molecule has 2 amide bonds. The minimum atomic E-state index is -1.03. The molecule has 0 aliphatic carbocycles. The van der Waals surface area contributed by atoms with E-state index in [1.807, 2.05) is 0 Å². The number of rotatable bonds is 6. The summed E-state index contributed by atoms with van der Waals surface area (Å²) in [7, 11) is 0. The monoisotopic (exact) mass is 325 g/mol. The van der Waals surface area contributed by atoms with Gasteiger partial charge in [0.1, 0.15) is 12.3 Å². The molecule has 0 saturated heterocycles. The summed E-state index contributed by atoms with van der Waals surface area (Å²) in [6.07, 6.45) is 3.01. The molecule has 7 nitrogen and oxygen atoms in total. The van der Waals surface area contributed by atoms with Crippen LogP contribution in [0.4, 0.5) is 0 Å². The van der Waals surface area contributed by atoms with E-state index in [9.17, 15) is 14.4 Å². The van der Waals surface area contributed by atoms with Crippen LogP contribution in [0.5, 0.6) is 0 Å². The fourth-order valence-corrected chi connectivity index (χ4v) is 2.50. The second-order valence-corrected chi connectivity index (χ2v) is 5.24. The summed E-state index contributed by atoms with van der Waals surface area (Å²) in [6, 6.07) is 10.5. The molecule has 7 heteroatoms. The van der Waals surface area contributed by atoms with Crippen molar-refractivity contribution in [2.75, 3.05) is 0 Å². The molecule has 0 unspecified atom stereocenters. The van der Waals surface area contributed by atoms with E-state index in [1.54, 1.807) is 41.0 Å². The molecule has 3 aromatic rings.